The van der Waals surface area contributed by atoms with E-state index < -0.39 is 147 Å². The molecule has 3 heterocycles. The molecular weight excluding hydrogens is 696 g/mol. The summed E-state index contributed by atoms with van der Waals surface area (Å²) in [6, 6.07) is -3.70. The molecule has 0 aromatic carbocycles. The average Bonchev–Trinajstić information content (AvgIpc) is 3.06. The Morgan fingerprint density at radius 1 is 0.627 bits per heavy atom. The van der Waals surface area contributed by atoms with Crippen LogP contribution in [0.5, 0.6) is 0 Å². The van der Waals surface area contributed by atoms with E-state index in [1.54, 1.807) is 0 Å². The van der Waals surface area contributed by atoms with Gasteiger partial charge >= 0.3 is 5.09 Å². The van der Waals surface area contributed by atoms with E-state index in [4.69, 9.17) is 28.6 Å². The highest BCUT2D eigenvalue weighted by atomic mass is 17.3. The van der Waals surface area contributed by atoms with Gasteiger partial charge in [0.2, 0.25) is 17.7 Å². The van der Waals surface area contributed by atoms with Crippen molar-refractivity contribution < 1.29 is 88.8 Å². The zero-order chi connectivity index (χ0) is 38.0. The molecule has 0 radical (unpaired) electrons. The minimum Gasteiger partial charge on any atom is -0.394 e. The summed E-state index contributed by atoms with van der Waals surface area (Å²) in [4.78, 5) is 56.2. The van der Waals surface area contributed by atoms with E-state index in [1.165, 1.54) is 6.92 Å². The first-order valence-electron chi connectivity index (χ1n) is 16.1. The van der Waals surface area contributed by atoms with E-state index in [1.807, 2.05) is 0 Å². The molecule has 0 spiro atoms. The Balaban J connectivity index is 1.79. The zero-order valence-electron chi connectivity index (χ0n) is 28.1. The van der Waals surface area contributed by atoms with Crippen LogP contribution >= 0.6 is 0 Å². The van der Waals surface area contributed by atoms with Gasteiger partial charge in [-0.2, -0.15) is 4.89 Å². The van der Waals surface area contributed by atoms with Crippen LogP contribution in [0.25, 0.3) is 0 Å². The molecule has 51 heavy (non-hydrogen) atoms. The zero-order valence-corrected chi connectivity index (χ0v) is 28.1. The van der Waals surface area contributed by atoms with Gasteiger partial charge in [0.25, 0.3) is 0 Å². The van der Waals surface area contributed by atoms with Gasteiger partial charge in [0.05, 0.1) is 76.6 Å². The third-order valence-corrected chi connectivity index (χ3v) is 8.81. The molecule has 3 fully saturated rings. The largest absolute Gasteiger partial charge is 0.394 e. The first kappa shape index (κ1) is 42.5. The molecule has 6 unspecified atom stereocenters. The lowest BCUT2D eigenvalue weighted by atomic mass is 9.85. The van der Waals surface area contributed by atoms with Crippen LogP contribution in [-0.2, 0) is 47.9 Å². The first-order chi connectivity index (χ1) is 24.1. The van der Waals surface area contributed by atoms with E-state index in [0.29, 0.717) is 0 Å². The molecule has 3 amide bonds. The number of nitrogens with one attached hydrogen (secondary N) is 3. The van der Waals surface area contributed by atoms with Crippen LogP contribution in [-0.4, -0.2) is 184 Å². The SMILES string of the molecule is CC(=O)NC1[C@H](COC[C@H]2C(CO)O[C@@H](COC[C@@H]3C(CO)O[C@@H](O)C(NC(C)=O)[C@H]3O)C(NC(C)=O)[C@H]2OO[N+](=O)[O-])OC(CO)[C@@H](O)[C@@H]1O. The molecule has 0 aliphatic carbocycles. The minimum atomic E-state index is -1.64. The number of carbonyl (C=O) groups is 3. The summed E-state index contributed by atoms with van der Waals surface area (Å²) in [5.41, 5.74) is 0. The Morgan fingerprint density at radius 3 is 1.63 bits per heavy atom. The lowest BCUT2D eigenvalue weighted by Crippen LogP contribution is -2.66. The molecule has 3 rings (SSSR count). The number of carbonyl (C=O) groups excluding carboxylic acids is 3. The number of ether oxygens (including phenoxy) is 5. The van der Waals surface area contributed by atoms with Gasteiger partial charge in [0.1, 0.15) is 42.7 Å². The summed E-state index contributed by atoms with van der Waals surface area (Å²) < 4.78 is 28.6. The predicted octanol–water partition coefficient (Wildman–Crippen LogP) is -6.41. The molecule has 15 atom stereocenters. The average molecular weight is 745 g/mol. The minimum absolute atomic E-state index is 0.346. The van der Waals surface area contributed by atoms with Crippen molar-refractivity contribution >= 4 is 17.7 Å². The lowest BCUT2D eigenvalue weighted by molar-refractivity contribution is -0.856. The van der Waals surface area contributed by atoms with Crippen molar-refractivity contribution in [2.45, 2.75) is 100 Å². The standard InChI is InChI=1S/C28H48N4O19/c1-11(36)29-21-19(48-18(6-35)25(40)26(21)41)9-46-8-15-17(5-34)47-20(22(30-12(2)37)27(15)50-51-32(43)44)10-45-7-14-16(4-33)49-28(42)23(24(14)39)31-13(3)38/h14-28,33-35,39-42H,4-10H2,1-3H3,(H,29,36)(H,30,37)(H,31,38)/t14-,15+,16?,17?,18?,19+,20+,21?,22?,23?,24+,25-,26-,27+,28-/m1/s1. The smallest absolute Gasteiger partial charge is 0.322 e. The van der Waals surface area contributed by atoms with Gasteiger partial charge < -0.3 is 75.4 Å². The molecule has 0 saturated carbocycles. The Labute approximate surface area is 291 Å². The highest BCUT2D eigenvalue weighted by Gasteiger charge is 2.50. The molecular formula is C28H48N4O19. The van der Waals surface area contributed by atoms with Crippen molar-refractivity contribution in [2.75, 3.05) is 46.2 Å². The van der Waals surface area contributed by atoms with Gasteiger partial charge in [0.15, 0.2) is 6.29 Å². The number of amides is 3. The maximum atomic E-state index is 12.3. The summed E-state index contributed by atoms with van der Waals surface area (Å²) in [5, 5.41) is 88.9. The van der Waals surface area contributed by atoms with E-state index in [2.05, 4.69) is 20.9 Å². The quantitative estimate of drug-likeness (QED) is 0.0376. The van der Waals surface area contributed by atoms with Crippen LogP contribution in [0.1, 0.15) is 20.8 Å². The maximum absolute atomic E-state index is 12.3. The number of aliphatic hydroxyl groups excluding tert-OH is 7. The Hall–Kier alpha value is -2.91. The number of nitrogens with zero attached hydrogens (tertiary/aromatic N) is 1. The van der Waals surface area contributed by atoms with Crippen molar-refractivity contribution in [3.63, 3.8) is 0 Å². The Bertz CT molecular complexity index is 1160. The fraction of sp³-hybridized carbons (Fsp3) is 0.893. The molecule has 0 bridgehead atoms. The van der Waals surface area contributed by atoms with Crippen molar-refractivity contribution in [3.05, 3.63) is 10.1 Å². The van der Waals surface area contributed by atoms with E-state index >= 15 is 0 Å². The highest BCUT2D eigenvalue weighted by molar-refractivity contribution is 5.74. The highest BCUT2D eigenvalue weighted by Crippen LogP contribution is 2.32. The predicted molar refractivity (Wildman–Crippen MR) is 162 cm³/mol. The molecule has 23 heteroatoms. The van der Waals surface area contributed by atoms with Gasteiger partial charge in [-0.25, -0.2) is 0 Å². The summed E-state index contributed by atoms with van der Waals surface area (Å²) in [5.74, 6) is -3.87. The summed E-state index contributed by atoms with van der Waals surface area (Å²) in [6.07, 6.45) is -13.5. The van der Waals surface area contributed by atoms with E-state index in [9.17, 15) is 60.2 Å². The van der Waals surface area contributed by atoms with Gasteiger partial charge in [-0.05, 0) is 0 Å². The molecule has 294 valence electrons. The Kier molecular flexibility index (Phi) is 16.5. The number of rotatable bonds is 17. The van der Waals surface area contributed by atoms with E-state index in [0.717, 1.165) is 13.8 Å². The second-order valence-corrected chi connectivity index (χ2v) is 12.5. The Morgan fingerprint density at radius 2 is 1.10 bits per heavy atom. The van der Waals surface area contributed by atoms with Crippen molar-refractivity contribution in [2.24, 2.45) is 11.8 Å². The molecule has 23 nitrogen and oxygen atoms in total. The topological polar surface area (TPSA) is 337 Å². The van der Waals surface area contributed by atoms with Crippen LogP contribution < -0.4 is 16.0 Å². The summed E-state index contributed by atoms with van der Waals surface area (Å²) >= 11 is 0. The molecule has 3 aliphatic rings. The summed E-state index contributed by atoms with van der Waals surface area (Å²) in [6.45, 7) is -0.0876. The van der Waals surface area contributed by atoms with Crippen molar-refractivity contribution in [3.8, 4) is 0 Å². The number of hydrogen-bond donors (Lipinski definition) is 10. The molecule has 10 N–H and O–H groups in total. The van der Waals surface area contributed by atoms with Gasteiger partial charge in [0, 0.05) is 32.6 Å². The van der Waals surface area contributed by atoms with Crippen LogP contribution in [0.4, 0.5) is 0 Å². The second-order valence-electron chi connectivity index (χ2n) is 12.5. The second kappa shape index (κ2) is 19.8. The third kappa shape index (κ3) is 11.3. The third-order valence-electron chi connectivity index (χ3n) is 8.81. The number of aliphatic hydroxyl groups is 7. The molecule has 3 saturated heterocycles. The maximum Gasteiger partial charge on any atom is 0.322 e. The van der Waals surface area contributed by atoms with Crippen LogP contribution in [0.3, 0.4) is 0 Å². The number of hydrogen-bond acceptors (Lipinski definition) is 19. The summed E-state index contributed by atoms with van der Waals surface area (Å²) in [7, 11) is 0. The van der Waals surface area contributed by atoms with Crippen molar-refractivity contribution in [1.82, 2.24) is 16.0 Å². The van der Waals surface area contributed by atoms with Crippen LogP contribution in [0, 0.1) is 22.0 Å². The molecule has 0 aromatic heterocycles. The fourth-order valence-corrected chi connectivity index (χ4v) is 6.43. The molecule has 3 aliphatic heterocycles. The lowest BCUT2D eigenvalue weighted by Gasteiger charge is -2.46. The molecule has 0 aromatic rings. The van der Waals surface area contributed by atoms with Crippen molar-refractivity contribution in [1.29, 1.82) is 0 Å². The van der Waals surface area contributed by atoms with Gasteiger partial charge in [-0.1, -0.05) is 0 Å². The monoisotopic (exact) mass is 744 g/mol. The first-order valence-corrected chi connectivity index (χ1v) is 16.1. The van der Waals surface area contributed by atoms with Gasteiger partial charge in [-0.15, -0.1) is 15.1 Å². The fourth-order valence-electron chi connectivity index (χ4n) is 6.43. The van der Waals surface area contributed by atoms with E-state index in [-0.39, 0.29) is 13.2 Å². The van der Waals surface area contributed by atoms with Crippen LogP contribution in [0.15, 0.2) is 0 Å². The van der Waals surface area contributed by atoms with Gasteiger partial charge in [-0.3, -0.25) is 14.4 Å². The van der Waals surface area contributed by atoms with Crippen LogP contribution in [0.2, 0.25) is 0 Å². The normalized spacial score (nSPS) is 38.4.